The molecule has 0 saturated heterocycles. The van der Waals surface area contributed by atoms with Crippen molar-refractivity contribution < 1.29 is 28.4 Å². The van der Waals surface area contributed by atoms with Gasteiger partial charge in [-0.2, -0.15) is 18.3 Å². The Labute approximate surface area is 133 Å². The Balaban J connectivity index is 2.01. The van der Waals surface area contributed by atoms with Gasteiger partial charge < -0.3 is 5.32 Å². The van der Waals surface area contributed by atoms with E-state index in [2.05, 4.69) is 10.4 Å². The molecule has 1 aliphatic rings. The van der Waals surface area contributed by atoms with Crippen molar-refractivity contribution in [3.63, 3.8) is 0 Å². The zero-order chi connectivity index (χ0) is 17.7. The predicted octanol–water partition coefficient (Wildman–Crippen LogP) is 2.15. The molecule has 0 aliphatic carbocycles. The fraction of sp³-hybridized carbons (Fsp3) is 0.286. The fourth-order valence-corrected chi connectivity index (χ4v) is 2.65. The van der Waals surface area contributed by atoms with Crippen LogP contribution in [0, 0.1) is 0 Å². The number of anilines is 1. The molecule has 0 saturated carbocycles. The van der Waals surface area contributed by atoms with E-state index in [0.717, 1.165) is 4.68 Å². The van der Waals surface area contributed by atoms with Crippen molar-refractivity contribution in [2.45, 2.75) is 25.2 Å². The summed E-state index contributed by atoms with van der Waals surface area (Å²) in [5.74, 6) is -0.693. The van der Waals surface area contributed by atoms with Crippen LogP contribution >= 0.6 is 0 Å². The predicted molar refractivity (Wildman–Crippen MR) is 74.5 cm³/mol. The lowest BCUT2D eigenvalue weighted by Gasteiger charge is -2.35. The number of benzene rings is 1. The van der Waals surface area contributed by atoms with Gasteiger partial charge in [0.15, 0.2) is 5.69 Å². The summed E-state index contributed by atoms with van der Waals surface area (Å²) >= 11 is 0. The van der Waals surface area contributed by atoms with Crippen LogP contribution in [0.3, 0.4) is 0 Å². The Morgan fingerprint density at radius 3 is 2.67 bits per heavy atom. The Kier molecular flexibility index (Phi) is 3.53. The monoisotopic (exact) mass is 342 g/mol. The minimum atomic E-state index is -4.64. The maximum absolute atomic E-state index is 12.8. The number of carbonyl (C=O) groups is 1. The number of amides is 1. The van der Waals surface area contributed by atoms with E-state index in [9.17, 15) is 18.0 Å². The summed E-state index contributed by atoms with van der Waals surface area (Å²) in [7, 11) is 0. The van der Waals surface area contributed by atoms with E-state index in [-0.39, 0.29) is 23.2 Å². The molecule has 2 aromatic rings. The third-order valence-electron chi connectivity index (χ3n) is 3.87. The second-order valence-corrected chi connectivity index (χ2v) is 5.70. The van der Waals surface area contributed by atoms with Gasteiger partial charge in [0.2, 0.25) is 0 Å². The molecule has 1 aromatic carbocycles. The smallest absolute Gasteiger partial charge is 0.340 e. The molecule has 0 fully saturated rings. The Hall–Kier alpha value is -2.59. The van der Waals surface area contributed by atoms with E-state index in [1.165, 1.54) is 18.2 Å². The third-order valence-corrected chi connectivity index (χ3v) is 3.87. The molecule has 10 heteroatoms. The molecule has 1 amide bonds. The van der Waals surface area contributed by atoms with Crippen LogP contribution in [0.15, 0.2) is 30.3 Å². The lowest BCUT2D eigenvalue weighted by Crippen LogP contribution is -2.51. The van der Waals surface area contributed by atoms with Gasteiger partial charge >= 0.3 is 6.18 Å². The molecule has 3 rings (SSSR count). The quantitative estimate of drug-likeness (QED) is 0.728. The molecular weight excluding hydrogens is 329 g/mol. The summed E-state index contributed by atoms with van der Waals surface area (Å²) < 4.78 is 39.4. The third kappa shape index (κ3) is 2.69. The van der Waals surface area contributed by atoms with Gasteiger partial charge in [-0.25, -0.2) is 0 Å². The fourth-order valence-electron chi connectivity index (χ4n) is 2.65. The summed E-state index contributed by atoms with van der Waals surface area (Å²) in [5.41, 5.74) is -1.85. The maximum Gasteiger partial charge on any atom is 0.435 e. The van der Waals surface area contributed by atoms with E-state index in [4.69, 9.17) is 10.4 Å². The van der Waals surface area contributed by atoms with Gasteiger partial charge in [0.1, 0.15) is 5.69 Å². The van der Waals surface area contributed by atoms with Crippen molar-refractivity contribution in [3.05, 3.63) is 47.3 Å². The van der Waals surface area contributed by atoms with Crippen molar-refractivity contribution in [2.24, 2.45) is 0 Å². The highest BCUT2D eigenvalue weighted by atomic mass is 19.4. The van der Waals surface area contributed by atoms with Gasteiger partial charge in [0, 0.05) is 6.07 Å². The second kappa shape index (κ2) is 5.21. The summed E-state index contributed by atoms with van der Waals surface area (Å²) in [6, 6.07) is 6.67. The first-order valence-corrected chi connectivity index (χ1v) is 6.86. The standard InChI is InChI=1S/C14H13F3N4O3/c1-13(8-3-2-4-9(5-8)21(23)24)7-20-10(12(22)18-13)6-11(19-20)14(15,16)17/h2-6,23-24H,7H2,1H3,(H,18,22). The molecule has 1 atom stereocenters. The molecule has 0 bridgehead atoms. The van der Waals surface area contributed by atoms with Gasteiger partial charge in [-0.3, -0.25) is 19.9 Å². The van der Waals surface area contributed by atoms with Crippen molar-refractivity contribution in [2.75, 3.05) is 5.23 Å². The van der Waals surface area contributed by atoms with Crippen molar-refractivity contribution in [1.29, 1.82) is 0 Å². The number of halogens is 3. The molecule has 0 radical (unpaired) electrons. The number of alkyl halides is 3. The van der Waals surface area contributed by atoms with Crippen LogP contribution in [0.4, 0.5) is 18.9 Å². The highest BCUT2D eigenvalue weighted by Crippen LogP contribution is 2.33. The Morgan fingerprint density at radius 2 is 2.04 bits per heavy atom. The van der Waals surface area contributed by atoms with Gasteiger partial charge in [-0.15, -0.1) is 5.23 Å². The molecule has 24 heavy (non-hydrogen) atoms. The first-order chi connectivity index (χ1) is 11.1. The molecule has 1 aliphatic heterocycles. The van der Waals surface area contributed by atoms with Crippen molar-refractivity contribution in [3.8, 4) is 0 Å². The summed E-state index contributed by atoms with van der Waals surface area (Å²) in [6.45, 7) is 1.57. The topological polar surface area (TPSA) is 90.6 Å². The molecule has 128 valence electrons. The van der Waals surface area contributed by atoms with Crippen molar-refractivity contribution in [1.82, 2.24) is 15.1 Å². The molecule has 2 heterocycles. The number of carbonyl (C=O) groups excluding carboxylic acids is 1. The molecule has 3 N–H and O–H groups in total. The zero-order valence-corrected chi connectivity index (χ0v) is 12.4. The van der Waals surface area contributed by atoms with Gasteiger partial charge in [0.05, 0.1) is 17.8 Å². The van der Waals surface area contributed by atoms with Crippen LogP contribution in [-0.4, -0.2) is 26.1 Å². The average molecular weight is 342 g/mol. The summed E-state index contributed by atoms with van der Waals surface area (Å²) in [4.78, 5) is 12.2. The van der Waals surface area contributed by atoms with Crippen LogP contribution in [0.1, 0.15) is 28.7 Å². The van der Waals surface area contributed by atoms with Crippen molar-refractivity contribution >= 4 is 11.6 Å². The number of hydrogen-bond acceptors (Lipinski definition) is 5. The molecule has 1 aromatic heterocycles. The summed E-state index contributed by atoms with van der Waals surface area (Å²) in [6.07, 6.45) is -4.64. The van der Waals surface area contributed by atoms with E-state index in [0.29, 0.717) is 11.6 Å². The van der Waals surface area contributed by atoms with E-state index >= 15 is 0 Å². The normalized spacial score (nSPS) is 20.5. The number of nitrogens with one attached hydrogen (secondary N) is 1. The first-order valence-electron chi connectivity index (χ1n) is 6.86. The maximum atomic E-state index is 12.8. The SMILES string of the molecule is CC1(c2cccc(N(O)O)c2)Cn2nc(C(F)(F)F)cc2C(=O)N1. The lowest BCUT2D eigenvalue weighted by atomic mass is 9.90. The summed E-state index contributed by atoms with van der Waals surface area (Å²) in [5, 5.41) is 24.2. The van der Waals surface area contributed by atoms with Gasteiger partial charge in [-0.05, 0) is 24.6 Å². The van der Waals surface area contributed by atoms with Crippen LogP contribution in [0.2, 0.25) is 0 Å². The Bertz CT molecular complexity index is 803. The number of fused-ring (bicyclic) bond motifs is 1. The van der Waals surface area contributed by atoms with Gasteiger partial charge in [0.25, 0.3) is 5.91 Å². The van der Waals surface area contributed by atoms with Crippen LogP contribution in [0.25, 0.3) is 0 Å². The Morgan fingerprint density at radius 1 is 1.33 bits per heavy atom. The molecular formula is C14H13F3N4O3. The van der Waals surface area contributed by atoms with E-state index < -0.39 is 23.3 Å². The second-order valence-electron chi connectivity index (χ2n) is 5.70. The minimum absolute atomic E-state index is 0.0372. The molecule has 0 spiro atoms. The van der Waals surface area contributed by atoms with E-state index in [1.807, 2.05) is 0 Å². The lowest BCUT2D eigenvalue weighted by molar-refractivity contribution is -0.141. The number of aromatic nitrogens is 2. The number of rotatable bonds is 2. The molecule has 7 nitrogen and oxygen atoms in total. The molecule has 1 unspecified atom stereocenters. The number of nitrogens with zero attached hydrogens (tertiary/aromatic N) is 3. The first kappa shape index (κ1) is 16.3. The van der Waals surface area contributed by atoms with Crippen LogP contribution in [0.5, 0.6) is 0 Å². The minimum Gasteiger partial charge on any atom is -0.340 e. The zero-order valence-electron chi connectivity index (χ0n) is 12.4. The van der Waals surface area contributed by atoms with Crippen LogP contribution < -0.4 is 10.5 Å². The van der Waals surface area contributed by atoms with E-state index in [1.54, 1.807) is 13.0 Å². The highest BCUT2D eigenvalue weighted by Gasteiger charge is 2.41. The number of hydrogen-bond donors (Lipinski definition) is 3. The average Bonchev–Trinajstić information content (AvgIpc) is 2.91. The highest BCUT2D eigenvalue weighted by molar-refractivity contribution is 5.94. The van der Waals surface area contributed by atoms with Gasteiger partial charge in [-0.1, -0.05) is 12.1 Å². The largest absolute Gasteiger partial charge is 0.435 e. The van der Waals surface area contributed by atoms with Crippen LogP contribution in [-0.2, 0) is 18.3 Å².